The third-order valence-electron chi connectivity index (χ3n) is 6.24. The van der Waals surface area contributed by atoms with Crippen molar-refractivity contribution in [2.24, 2.45) is 0 Å². The van der Waals surface area contributed by atoms with Crippen LogP contribution in [-0.4, -0.2) is 0 Å². The van der Waals surface area contributed by atoms with E-state index in [4.69, 9.17) is 19.7 Å². The van der Waals surface area contributed by atoms with Crippen LogP contribution in [0.2, 0.25) is 0 Å². The molecular formula is C28H6N6S2. The minimum absolute atomic E-state index is 0.0258. The highest BCUT2D eigenvalue weighted by atomic mass is 32.1. The maximum absolute atomic E-state index is 9.71. The van der Waals surface area contributed by atoms with Crippen molar-refractivity contribution in [2.45, 2.75) is 0 Å². The molecule has 2 heterocycles. The summed E-state index contributed by atoms with van der Waals surface area (Å²) in [7, 11) is 0. The minimum Gasteiger partial charge on any atom is -0.238 e. The second-order valence-electron chi connectivity index (χ2n) is 7.88. The number of hydrogen-bond donors (Lipinski definition) is 0. The molecule has 0 fully saturated rings. The van der Waals surface area contributed by atoms with Crippen LogP contribution in [0.1, 0.15) is 26.4 Å². The molecule has 0 unspecified atom stereocenters. The SMILES string of the molecule is [C-]#[N+]/C(C#N)=C1/c2cc(C#N)ccc2-c2c1sc1c3c(sc21)/C(=C(\C#N)[N+]#[C-])c1cc([N+]#[C-])ccc1-3. The number of benzene rings is 2. The Morgan fingerprint density at radius 2 is 1.22 bits per heavy atom. The highest BCUT2D eigenvalue weighted by Crippen LogP contribution is 2.62. The quantitative estimate of drug-likeness (QED) is 0.161. The van der Waals surface area contributed by atoms with Gasteiger partial charge in [0.2, 0.25) is 0 Å². The molecule has 0 atom stereocenters. The fourth-order valence-electron chi connectivity index (χ4n) is 4.83. The second-order valence-corrected chi connectivity index (χ2v) is 9.92. The van der Waals surface area contributed by atoms with Crippen molar-refractivity contribution in [3.8, 4) is 40.5 Å². The van der Waals surface area contributed by atoms with Gasteiger partial charge in [0, 0.05) is 32.0 Å². The Morgan fingerprint density at radius 3 is 1.69 bits per heavy atom. The van der Waals surface area contributed by atoms with E-state index in [1.807, 2.05) is 24.3 Å². The fourth-order valence-corrected chi connectivity index (χ4v) is 7.88. The molecule has 6 rings (SSSR count). The van der Waals surface area contributed by atoms with E-state index >= 15 is 0 Å². The lowest BCUT2D eigenvalue weighted by Crippen LogP contribution is -1.86. The number of hydrogen-bond acceptors (Lipinski definition) is 5. The van der Waals surface area contributed by atoms with Crippen LogP contribution < -0.4 is 0 Å². The molecule has 0 saturated carbocycles. The first-order chi connectivity index (χ1) is 17.6. The van der Waals surface area contributed by atoms with E-state index in [1.165, 1.54) is 22.7 Å². The van der Waals surface area contributed by atoms with Gasteiger partial charge < -0.3 is 0 Å². The maximum Gasteiger partial charge on any atom is 0.271 e. The third kappa shape index (κ3) is 2.52. The predicted octanol–water partition coefficient (Wildman–Crippen LogP) is 7.75. The summed E-state index contributed by atoms with van der Waals surface area (Å²) in [6.07, 6.45) is 0. The summed E-state index contributed by atoms with van der Waals surface area (Å²) in [5.41, 5.74) is 6.79. The van der Waals surface area contributed by atoms with Gasteiger partial charge in [0.05, 0.1) is 52.9 Å². The van der Waals surface area contributed by atoms with Gasteiger partial charge >= 0.3 is 0 Å². The molecule has 0 saturated heterocycles. The van der Waals surface area contributed by atoms with E-state index in [0.717, 1.165) is 41.4 Å². The van der Waals surface area contributed by atoms with Crippen LogP contribution in [0.15, 0.2) is 47.8 Å². The Morgan fingerprint density at radius 1 is 0.694 bits per heavy atom. The molecule has 36 heavy (non-hydrogen) atoms. The summed E-state index contributed by atoms with van der Waals surface area (Å²) >= 11 is 2.94. The monoisotopic (exact) mass is 490 g/mol. The van der Waals surface area contributed by atoms with E-state index in [1.54, 1.807) is 24.3 Å². The Hall–Kier alpha value is -5.48. The summed E-state index contributed by atoms with van der Waals surface area (Å²) < 4.78 is 1.90. The van der Waals surface area contributed by atoms with Crippen LogP contribution in [-0.2, 0) is 0 Å². The van der Waals surface area contributed by atoms with Crippen molar-refractivity contribution >= 4 is 48.9 Å². The molecule has 8 heteroatoms. The topological polar surface area (TPSA) is 84.4 Å². The second kappa shape index (κ2) is 7.52. The van der Waals surface area contributed by atoms with Gasteiger partial charge in [-0.2, -0.15) is 5.26 Å². The molecular weight excluding hydrogens is 484 g/mol. The van der Waals surface area contributed by atoms with Crippen molar-refractivity contribution in [3.05, 3.63) is 108 Å². The lowest BCUT2D eigenvalue weighted by atomic mass is 10.0. The number of nitrogens with zero attached hydrogens (tertiary/aromatic N) is 6. The third-order valence-corrected chi connectivity index (χ3v) is 8.82. The molecule has 2 aliphatic rings. The smallest absolute Gasteiger partial charge is 0.238 e. The molecule has 2 aliphatic carbocycles. The molecule has 160 valence electrons. The summed E-state index contributed by atoms with van der Waals surface area (Å²) in [6.45, 7) is 22.6. The summed E-state index contributed by atoms with van der Waals surface area (Å²) in [4.78, 5) is 12.1. The number of thiophene rings is 2. The van der Waals surface area contributed by atoms with Crippen LogP contribution >= 0.6 is 22.7 Å². The average Bonchev–Trinajstić information content (AvgIpc) is 3.61. The molecule has 0 radical (unpaired) electrons. The van der Waals surface area contributed by atoms with Gasteiger partial charge in [-0.05, 0) is 40.5 Å². The highest BCUT2D eigenvalue weighted by molar-refractivity contribution is 7.31. The molecule has 0 bridgehead atoms. The molecule has 6 nitrogen and oxygen atoms in total. The summed E-state index contributed by atoms with van der Waals surface area (Å²) in [5.74, 6) is 0. The van der Waals surface area contributed by atoms with Crippen molar-refractivity contribution < 1.29 is 0 Å². The molecule has 2 aromatic carbocycles. The van der Waals surface area contributed by atoms with Gasteiger partial charge in [-0.25, -0.2) is 25.1 Å². The van der Waals surface area contributed by atoms with Gasteiger partial charge in [0.25, 0.3) is 11.4 Å². The molecule has 0 N–H and O–H groups in total. The lowest BCUT2D eigenvalue weighted by molar-refractivity contribution is 1.47. The van der Waals surface area contributed by atoms with Crippen molar-refractivity contribution in [1.82, 2.24) is 0 Å². The normalized spacial score (nSPS) is 14.6. The van der Waals surface area contributed by atoms with Gasteiger partial charge in [0.1, 0.15) is 0 Å². The largest absolute Gasteiger partial charge is 0.271 e. The molecule has 2 aromatic heterocycles. The fraction of sp³-hybridized carbons (Fsp3) is 0. The standard InChI is InChI=1S/C28H6N6S2/c1-32-14-5-7-16-18(9-14)22(20(12-31)34-3)26-24(16)28-27(36-26)23-15-6-4-13(10-29)8-17(15)21(25(23)35-28)19(11-30)33-2/h4-9H/b21-19-,22-20+. The first kappa shape index (κ1) is 21.1. The van der Waals surface area contributed by atoms with Crippen LogP contribution in [0.5, 0.6) is 0 Å². The van der Waals surface area contributed by atoms with Crippen molar-refractivity contribution in [1.29, 1.82) is 15.8 Å². The Labute approximate surface area is 213 Å². The van der Waals surface area contributed by atoms with Crippen LogP contribution in [0.4, 0.5) is 5.69 Å². The molecule has 4 aromatic rings. The van der Waals surface area contributed by atoms with Crippen molar-refractivity contribution in [3.63, 3.8) is 0 Å². The van der Waals surface area contributed by atoms with E-state index in [0.29, 0.717) is 33.5 Å². The highest BCUT2D eigenvalue weighted by Gasteiger charge is 2.37. The zero-order chi connectivity index (χ0) is 25.1. The number of fused-ring (bicyclic) bond motifs is 9. The van der Waals surface area contributed by atoms with Gasteiger partial charge in [-0.15, -0.1) is 22.7 Å². The Kier molecular flexibility index (Phi) is 4.40. The number of allylic oxidation sites excluding steroid dienone is 2. The van der Waals surface area contributed by atoms with E-state index < -0.39 is 0 Å². The summed E-state index contributed by atoms with van der Waals surface area (Å²) in [6, 6.07) is 16.7. The van der Waals surface area contributed by atoms with E-state index in [-0.39, 0.29) is 11.4 Å². The van der Waals surface area contributed by atoms with Crippen LogP contribution in [0, 0.1) is 53.7 Å². The number of nitriles is 3. The zero-order valence-electron chi connectivity index (χ0n) is 18.0. The first-order valence-electron chi connectivity index (χ1n) is 10.3. The van der Waals surface area contributed by atoms with E-state index in [2.05, 4.69) is 20.6 Å². The van der Waals surface area contributed by atoms with E-state index in [9.17, 15) is 15.8 Å². The molecule has 0 amide bonds. The van der Waals surface area contributed by atoms with Gasteiger partial charge in [-0.3, -0.25) is 0 Å². The maximum atomic E-state index is 9.71. The lowest BCUT2D eigenvalue weighted by Gasteiger charge is -2.05. The first-order valence-corrected chi connectivity index (χ1v) is 11.9. The van der Waals surface area contributed by atoms with Gasteiger partial charge in [-0.1, -0.05) is 18.2 Å². The van der Waals surface area contributed by atoms with Crippen molar-refractivity contribution in [2.75, 3.05) is 0 Å². The zero-order valence-corrected chi connectivity index (χ0v) is 19.6. The average molecular weight is 491 g/mol. The predicted molar refractivity (Wildman–Crippen MR) is 138 cm³/mol. The van der Waals surface area contributed by atoms with Crippen LogP contribution in [0.3, 0.4) is 0 Å². The van der Waals surface area contributed by atoms with Crippen LogP contribution in [0.25, 0.3) is 57.3 Å². The summed E-state index contributed by atoms with van der Waals surface area (Å²) in [5, 5.41) is 28.8. The molecule has 0 aliphatic heterocycles. The molecule has 0 spiro atoms. The Bertz CT molecular complexity index is 1880. The Balaban J connectivity index is 1.77. The number of rotatable bonds is 0. The van der Waals surface area contributed by atoms with Gasteiger partial charge in [0.15, 0.2) is 5.69 Å². The minimum atomic E-state index is -0.0295.